The summed E-state index contributed by atoms with van der Waals surface area (Å²) in [6.45, 7) is 2.52. The molecule has 3 rings (SSSR count). The Balaban J connectivity index is 1.98. The van der Waals surface area contributed by atoms with Gasteiger partial charge in [0.05, 0.1) is 4.34 Å². The number of rotatable bonds is 6. The highest BCUT2D eigenvalue weighted by atomic mass is 35.5. The standard InChI is InChI=1S/C18H17ClN2O2S2/c1-14-5-2-3-7-16(14)13-21(12-15-6-4-10-20-11-15)25(22,23)18-9-8-17(19)24-18/h2-11H,12-13H2,1H3. The zero-order chi connectivity index (χ0) is 17.9. The van der Waals surface area contributed by atoms with Crippen molar-refractivity contribution in [2.45, 2.75) is 24.2 Å². The molecule has 130 valence electrons. The van der Waals surface area contributed by atoms with E-state index in [0.717, 1.165) is 28.0 Å². The van der Waals surface area contributed by atoms with Crippen molar-refractivity contribution in [2.75, 3.05) is 0 Å². The molecule has 0 saturated heterocycles. The van der Waals surface area contributed by atoms with Gasteiger partial charge < -0.3 is 0 Å². The predicted octanol–water partition coefficient (Wildman–Crippen LogP) is 4.50. The van der Waals surface area contributed by atoms with Gasteiger partial charge in [-0.3, -0.25) is 4.98 Å². The van der Waals surface area contributed by atoms with Crippen LogP contribution in [0.4, 0.5) is 0 Å². The van der Waals surface area contributed by atoms with Crippen LogP contribution >= 0.6 is 22.9 Å². The van der Waals surface area contributed by atoms with E-state index < -0.39 is 10.0 Å². The molecule has 0 aliphatic carbocycles. The second kappa shape index (κ2) is 7.66. The summed E-state index contributed by atoms with van der Waals surface area (Å²) in [5.74, 6) is 0. The molecule has 0 fully saturated rings. The quantitative estimate of drug-likeness (QED) is 0.620. The van der Waals surface area contributed by atoms with Gasteiger partial charge in [0, 0.05) is 25.5 Å². The highest BCUT2D eigenvalue weighted by Gasteiger charge is 2.27. The lowest BCUT2D eigenvalue weighted by Crippen LogP contribution is -2.30. The Morgan fingerprint density at radius 3 is 2.52 bits per heavy atom. The summed E-state index contributed by atoms with van der Waals surface area (Å²) in [5, 5.41) is 0. The van der Waals surface area contributed by atoms with E-state index in [0.29, 0.717) is 10.9 Å². The van der Waals surface area contributed by atoms with Crippen LogP contribution in [-0.4, -0.2) is 17.7 Å². The fraction of sp³-hybridized carbons (Fsp3) is 0.167. The fourth-order valence-electron chi connectivity index (χ4n) is 2.46. The summed E-state index contributed by atoms with van der Waals surface area (Å²) in [5.41, 5.74) is 2.86. The summed E-state index contributed by atoms with van der Waals surface area (Å²) in [6.07, 6.45) is 3.35. The van der Waals surface area contributed by atoms with Gasteiger partial charge in [-0.05, 0) is 41.8 Å². The molecule has 0 bridgehead atoms. The van der Waals surface area contributed by atoms with E-state index in [2.05, 4.69) is 4.98 Å². The minimum absolute atomic E-state index is 0.245. The van der Waals surface area contributed by atoms with Crippen LogP contribution in [0, 0.1) is 6.92 Å². The Labute approximate surface area is 156 Å². The monoisotopic (exact) mass is 392 g/mol. The van der Waals surface area contributed by atoms with Crippen molar-refractivity contribution in [1.82, 2.24) is 9.29 Å². The minimum Gasteiger partial charge on any atom is -0.264 e. The molecule has 1 aromatic carbocycles. The lowest BCUT2D eigenvalue weighted by Gasteiger charge is -2.22. The normalized spacial score (nSPS) is 11.8. The van der Waals surface area contributed by atoms with Crippen molar-refractivity contribution in [3.05, 3.63) is 82.0 Å². The molecule has 0 aliphatic rings. The van der Waals surface area contributed by atoms with E-state index in [9.17, 15) is 8.42 Å². The highest BCUT2D eigenvalue weighted by Crippen LogP contribution is 2.30. The molecule has 25 heavy (non-hydrogen) atoms. The third kappa shape index (κ3) is 4.27. The number of sulfonamides is 1. The van der Waals surface area contributed by atoms with Crippen LogP contribution in [0.25, 0.3) is 0 Å². The average molecular weight is 393 g/mol. The number of nitrogens with zero attached hydrogens (tertiary/aromatic N) is 2. The van der Waals surface area contributed by atoms with E-state index in [-0.39, 0.29) is 10.8 Å². The first-order chi connectivity index (χ1) is 12.0. The molecule has 0 radical (unpaired) electrons. The first kappa shape index (κ1) is 18.1. The molecule has 0 saturated carbocycles. The van der Waals surface area contributed by atoms with E-state index in [4.69, 9.17) is 11.6 Å². The third-order valence-electron chi connectivity index (χ3n) is 3.83. The van der Waals surface area contributed by atoms with Crippen LogP contribution in [0.3, 0.4) is 0 Å². The summed E-state index contributed by atoms with van der Waals surface area (Å²) in [7, 11) is -3.65. The van der Waals surface area contributed by atoms with Crippen molar-refractivity contribution >= 4 is 33.0 Å². The van der Waals surface area contributed by atoms with Gasteiger partial charge >= 0.3 is 0 Å². The van der Waals surface area contributed by atoms with Crippen molar-refractivity contribution in [1.29, 1.82) is 0 Å². The maximum atomic E-state index is 13.1. The maximum absolute atomic E-state index is 13.1. The molecule has 0 unspecified atom stereocenters. The predicted molar refractivity (Wildman–Crippen MR) is 101 cm³/mol. The number of pyridine rings is 1. The van der Waals surface area contributed by atoms with Gasteiger partial charge in [0.2, 0.25) is 0 Å². The van der Waals surface area contributed by atoms with Gasteiger partial charge in [0.1, 0.15) is 4.21 Å². The Kier molecular flexibility index (Phi) is 5.54. The zero-order valence-corrected chi connectivity index (χ0v) is 16.0. The third-order valence-corrected chi connectivity index (χ3v) is 7.32. The number of aryl methyl sites for hydroxylation is 1. The first-order valence-corrected chi connectivity index (χ1v) is 10.3. The minimum atomic E-state index is -3.65. The number of hydrogen-bond donors (Lipinski definition) is 0. The van der Waals surface area contributed by atoms with Crippen LogP contribution in [0.1, 0.15) is 16.7 Å². The largest absolute Gasteiger partial charge is 0.264 e. The fourth-order valence-corrected chi connectivity index (χ4v) is 5.51. The molecular formula is C18H17ClN2O2S2. The number of hydrogen-bond acceptors (Lipinski definition) is 4. The molecule has 2 heterocycles. The van der Waals surface area contributed by atoms with Crippen LogP contribution < -0.4 is 0 Å². The number of halogens is 1. The van der Waals surface area contributed by atoms with Crippen molar-refractivity contribution in [3.8, 4) is 0 Å². The van der Waals surface area contributed by atoms with E-state index in [1.807, 2.05) is 37.3 Å². The van der Waals surface area contributed by atoms with Gasteiger partial charge in [-0.25, -0.2) is 8.42 Å². The highest BCUT2D eigenvalue weighted by molar-refractivity contribution is 7.91. The maximum Gasteiger partial charge on any atom is 0.253 e. The van der Waals surface area contributed by atoms with Crippen molar-refractivity contribution in [3.63, 3.8) is 0 Å². The molecule has 2 aromatic heterocycles. The smallest absolute Gasteiger partial charge is 0.253 e. The summed E-state index contributed by atoms with van der Waals surface area (Å²) in [6, 6.07) is 14.6. The van der Waals surface area contributed by atoms with Crippen molar-refractivity contribution < 1.29 is 8.42 Å². The lowest BCUT2D eigenvalue weighted by atomic mass is 10.1. The number of aromatic nitrogens is 1. The van der Waals surface area contributed by atoms with Gasteiger partial charge in [-0.2, -0.15) is 4.31 Å². The van der Waals surface area contributed by atoms with E-state index >= 15 is 0 Å². The molecule has 0 N–H and O–H groups in total. The van der Waals surface area contributed by atoms with Gasteiger partial charge in [0.25, 0.3) is 10.0 Å². The molecule has 3 aromatic rings. The van der Waals surface area contributed by atoms with Crippen LogP contribution in [-0.2, 0) is 23.1 Å². The molecule has 7 heteroatoms. The Morgan fingerprint density at radius 2 is 1.88 bits per heavy atom. The van der Waals surface area contributed by atoms with Gasteiger partial charge in [-0.1, -0.05) is 41.9 Å². The Bertz CT molecular complexity index is 956. The topological polar surface area (TPSA) is 50.3 Å². The average Bonchev–Trinajstić information content (AvgIpc) is 3.04. The van der Waals surface area contributed by atoms with E-state index in [1.165, 1.54) is 4.31 Å². The number of benzene rings is 1. The summed E-state index contributed by atoms with van der Waals surface area (Å²) < 4.78 is 28.4. The van der Waals surface area contributed by atoms with Gasteiger partial charge in [0.15, 0.2) is 0 Å². The molecule has 0 spiro atoms. The van der Waals surface area contributed by atoms with Gasteiger partial charge in [-0.15, -0.1) is 11.3 Å². The van der Waals surface area contributed by atoms with Crippen LogP contribution in [0.2, 0.25) is 4.34 Å². The molecule has 4 nitrogen and oxygen atoms in total. The van der Waals surface area contributed by atoms with Crippen LogP contribution in [0.15, 0.2) is 65.1 Å². The zero-order valence-electron chi connectivity index (χ0n) is 13.6. The summed E-state index contributed by atoms with van der Waals surface area (Å²) >= 11 is 7.01. The lowest BCUT2D eigenvalue weighted by molar-refractivity contribution is 0.401. The molecule has 0 amide bonds. The molecule has 0 atom stereocenters. The second-order valence-electron chi connectivity index (χ2n) is 5.62. The second-order valence-corrected chi connectivity index (χ2v) is 9.50. The Hall–Kier alpha value is -1.73. The van der Waals surface area contributed by atoms with Crippen molar-refractivity contribution in [2.24, 2.45) is 0 Å². The molecule has 0 aliphatic heterocycles. The first-order valence-electron chi connectivity index (χ1n) is 7.66. The van der Waals surface area contributed by atoms with Crippen LogP contribution in [0.5, 0.6) is 0 Å². The number of thiophene rings is 1. The SMILES string of the molecule is Cc1ccccc1CN(Cc1cccnc1)S(=O)(=O)c1ccc(Cl)s1. The summed E-state index contributed by atoms with van der Waals surface area (Å²) in [4.78, 5) is 4.08. The Morgan fingerprint density at radius 1 is 1.08 bits per heavy atom. The molecular weight excluding hydrogens is 376 g/mol. The van der Waals surface area contributed by atoms with E-state index in [1.54, 1.807) is 30.6 Å².